The molecule has 1 fully saturated rings. The maximum atomic E-state index is 5.34. The van der Waals surface area contributed by atoms with Crippen LogP contribution in [0.25, 0.3) is 0 Å². The summed E-state index contributed by atoms with van der Waals surface area (Å²) < 4.78 is 5.34. The monoisotopic (exact) mass is 306 g/mol. The van der Waals surface area contributed by atoms with Gasteiger partial charge in [0.15, 0.2) is 5.96 Å². The van der Waals surface area contributed by atoms with Crippen molar-refractivity contribution in [3.63, 3.8) is 0 Å². The zero-order valence-electron chi connectivity index (χ0n) is 14.1. The van der Waals surface area contributed by atoms with E-state index in [2.05, 4.69) is 41.3 Å². The van der Waals surface area contributed by atoms with Crippen molar-refractivity contribution < 1.29 is 4.42 Å². The molecule has 2 rings (SSSR count). The zero-order valence-corrected chi connectivity index (χ0v) is 14.1. The van der Waals surface area contributed by atoms with Gasteiger partial charge in [0.2, 0.25) is 0 Å². The molecule has 0 bridgehead atoms. The molecule has 1 aliphatic rings. The fourth-order valence-electron chi connectivity index (χ4n) is 2.81. The quantitative estimate of drug-likeness (QED) is 0.625. The van der Waals surface area contributed by atoms with Gasteiger partial charge < -0.3 is 20.0 Å². The minimum Gasteiger partial charge on any atom is -0.469 e. The van der Waals surface area contributed by atoms with E-state index in [0.717, 1.165) is 31.2 Å². The number of hydrogen-bond donors (Lipinski definition) is 2. The van der Waals surface area contributed by atoms with Gasteiger partial charge in [-0.1, -0.05) is 0 Å². The first kappa shape index (κ1) is 16.9. The number of nitrogens with zero attached hydrogens (tertiary/aromatic N) is 2. The van der Waals surface area contributed by atoms with Crippen LogP contribution in [0.4, 0.5) is 0 Å². The Labute approximate surface area is 134 Å². The van der Waals surface area contributed by atoms with Gasteiger partial charge in [0.1, 0.15) is 5.76 Å². The molecule has 0 aliphatic carbocycles. The molecule has 0 unspecified atom stereocenters. The summed E-state index contributed by atoms with van der Waals surface area (Å²) >= 11 is 0. The lowest BCUT2D eigenvalue weighted by molar-refractivity contribution is 0.167. The Morgan fingerprint density at radius 3 is 2.77 bits per heavy atom. The molecule has 0 amide bonds. The number of likely N-dealkylation sites (tertiary alicyclic amines) is 1. The van der Waals surface area contributed by atoms with Crippen LogP contribution in [-0.4, -0.2) is 49.1 Å². The molecular weight excluding hydrogens is 276 g/mol. The fraction of sp³-hybridized carbons (Fsp3) is 0.706. The maximum absolute atomic E-state index is 5.34. The topological polar surface area (TPSA) is 52.8 Å². The maximum Gasteiger partial charge on any atom is 0.191 e. The first-order valence-electron chi connectivity index (χ1n) is 8.50. The van der Waals surface area contributed by atoms with Crippen molar-refractivity contribution in [1.29, 1.82) is 0 Å². The largest absolute Gasteiger partial charge is 0.469 e. The van der Waals surface area contributed by atoms with E-state index >= 15 is 0 Å². The molecule has 0 atom stereocenters. The van der Waals surface area contributed by atoms with Crippen molar-refractivity contribution in [2.45, 2.75) is 52.1 Å². The zero-order chi connectivity index (χ0) is 15.8. The van der Waals surface area contributed by atoms with Crippen molar-refractivity contribution in [3.05, 3.63) is 24.2 Å². The average Bonchev–Trinajstić information content (AvgIpc) is 3.01. The van der Waals surface area contributed by atoms with Gasteiger partial charge in [0.25, 0.3) is 0 Å². The predicted molar refractivity (Wildman–Crippen MR) is 91.3 cm³/mol. The van der Waals surface area contributed by atoms with Gasteiger partial charge >= 0.3 is 0 Å². The summed E-state index contributed by atoms with van der Waals surface area (Å²) in [7, 11) is 0. The molecule has 0 spiro atoms. The summed E-state index contributed by atoms with van der Waals surface area (Å²) in [6.07, 6.45) is 4.92. The van der Waals surface area contributed by atoms with Crippen LogP contribution in [-0.2, 0) is 6.42 Å². The molecule has 5 heteroatoms. The van der Waals surface area contributed by atoms with Crippen LogP contribution in [0.3, 0.4) is 0 Å². The SMILES string of the molecule is CCNC(=NCCc1ccco1)NC1CCN(C(C)C)CC1. The second-order valence-electron chi connectivity index (χ2n) is 6.14. The van der Waals surface area contributed by atoms with E-state index in [0.29, 0.717) is 12.1 Å². The van der Waals surface area contributed by atoms with Crippen LogP contribution in [0.15, 0.2) is 27.8 Å². The Balaban J connectivity index is 1.78. The Hall–Kier alpha value is -1.49. The molecule has 5 nitrogen and oxygen atoms in total. The van der Waals surface area contributed by atoms with E-state index in [9.17, 15) is 0 Å². The third kappa shape index (κ3) is 5.37. The molecule has 1 aromatic heterocycles. The summed E-state index contributed by atoms with van der Waals surface area (Å²) in [6, 6.07) is 5.09. The van der Waals surface area contributed by atoms with Crippen LogP contribution in [0.1, 0.15) is 39.4 Å². The second-order valence-corrected chi connectivity index (χ2v) is 6.14. The Morgan fingerprint density at radius 2 is 2.18 bits per heavy atom. The Bertz CT molecular complexity index is 434. The van der Waals surface area contributed by atoms with Crippen molar-refractivity contribution in [3.8, 4) is 0 Å². The lowest BCUT2D eigenvalue weighted by Crippen LogP contribution is -2.49. The molecule has 2 heterocycles. The molecule has 22 heavy (non-hydrogen) atoms. The molecule has 1 saturated heterocycles. The van der Waals surface area contributed by atoms with Gasteiger partial charge in [-0.05, 0) is 45.7 Å². The molecule has 0 aromatic carbocycles. The van der Waals surface area contributed by atoms with Gasteiger partial charge in [0.05, 0.1) is 6.26 Å². The van der Waals surface area contributed by atoms with Crippen LogP contribution in [0, 0.1) is 0 Å². The summed E-state index contributed by atoms with van der Waals surface area (Å²) in [6.45, 7) is 10.6. The van der Waals surface area contributed by atoms with Gasteiger partial charge in [-0.25, -0.2) is 0 Å². The molecule has 124 valence electrons. The number of furan rings is 1. The van der Waals surface area contributed by atoms with Gasteiger partial charge in [-0.2, -0.15) is 0 Å². The smallest absolute Gasteiger partial charge is 0.191 e. The number of piperidine rings is 1. The lowest BCUT2D eigenvalue weighted by Gasteiger charge is -2.35. The second kappa shape index (κ2) is 8.83. The highest BCUT2D eigenvalue weighted by molar-refractivity contribution is 5.80. The first-order valence-corrected chi connectivity index (χ1v) is 8.50. The predicted octanol–water partition coefficient (Wildman–Crippen LogP) is 2.25. The lowest BCUT2D eigenvalue weighted by atomic mass is 10.0. The van der Waals surface area contributed by atoms with E-state index < -0.39 is 0 Å². The van der Waals surface area contributed by atoms with Crippen molar-refractivity contribution >= 4 is 5.96 Å². The number of hydrogen-bond acceptors (Lipinski definition) is 3. The van der Waals surface area contributed by atoms with E-state index in [1.54, 1.807) is 6.26 Å². The number of nitrogens with one attached hydrogen (secondary N) is 2. The minimum absolute atomic E-state index is 0.524. The number of guanidine groups is 1. The van der Waals surface area contributed by atoms with Gasteiger partial charge in [0, 0.05) is 44.7 Å². The minimum atomic E-state index is 0.524. The molecular formula is C17H30N4O. The highest BCUT2D eigenvalue weighted by Gasteiger charge is 2.21. The average molecular weight is 306 g/mol. The third-order valence-corrected chi connectivity index (χ3v) is 4.15. The van der Waals surface area contributed by atoms with Crippen molar-refractivity contribution in [2.75, 3.05) is 26.2 Å². The molecule has 2 N–H and O–H groups in total. The van der Waals surface area contributed by atoms with E-state index in [1.807, 2.05) is 12.1 Å². The van der Waals surface area contributed by atoms with E-state index in [-0.39, 0.29) is 0 Å². The number of aliphatic imine (C=N–C) groups is 1. The first-order chi connectivity index (χ1) is 10.7. The summed E-state index contributed by atoms with van der Waals surface area (Å²) in [4.78, 5) is 7.20. The highest BCUT2D eigenvalue weighted by Crippen LogP contribution is 2.12. The highest BCUT2D eigenvalue weighted by atomic mass is 16.3. The van der Waals surface area contributed by atoms with Gasteiger partial charge in [-0.15, -0.1) is 0 Å². The summed E-state index contributed by atoms with van der Waals surface area (Å²) in [5, 5.41) is 6.92. The standard InChI is InChI=1S/C17H30N4O/c1-4-18-17(19-10-7-16-6-5-13-22-16)20-15-8-11-21(12-9-15)14(2)3/h5-6,13-15H,4,7-12H2,1-3H3,(H2,18,19,20). The molecule has 1 aliphatic heterocycles. The fourth-order valence-corrected chi connectivity index (χ4v) is 2.81. The Kier molecular flexibility index (Phi) is 6.77. The van der Waals surface area contributed by atoms with Crippen LogP contribution in [0.2, 0.25) is 0 Å². The molecule has 0 radical (unpaired) electrons. The third-order valence-electron chi connectivity index (χ3n) is 4.15. The van der Waals surface area contributed by atoms with Crippen LogP contribution < -0.4 is 10.6 Å². The number of rotatable bonds is 6. The van der Waals surface area contributed by atoms with Gasteiger partial charge in [-0.3, -0.25) is 4.99 Å². The van der Waals surface area contributed by atoms with E-state index in [4.69, 9.17) is 4.42 Å². The van der Waals surface area contributed by atoms with Crippen molar-refractivity contribution in [2.24, 2.45) is 4.99 Å². The van der Waals surface area contributed by atoms with Crippen LogP contribution in [0.5, 0.6) is 0 Å². The van der Waals surface area contributed by atoms with E-state index in [1.165, 1.54) is 25.9 Å². The molecule has 0 saturated carbocycles. The normalized spacial score (nSPS) is 17.9. The Morgan fingerprint density at radius 1 is 1.41 bits per heavy atom. The van der Waals surface area contributed by atoms with Crippen LogP contribution >= 0.6 is 0 Å². The summed E-state index contributed by atoms with van der Waals surface area (Å²) in [5.74, 6) is 1.92. The van der Waals surface area contributed by atoms with Crippen molar-refractivity contribution in [1.82, 2.24) is 15.5 Å². The summed E-state index contributed by atoms with van der Waals surface area (Å²) in [5.41, 5.74) is 0. The molecule has 1 aromatic rings.